The number of nitrogens with one attached hydrogen (secondary N) is 1. The van der Waals surface area contributed by atoms with E-state index in [2.05, 4.69) is 5.32 Å². The molecular weight excluding hydrogens is 268 g/mol. The van der Waals surface area contributed by atoms with Crippen LogP contribution in [0.1, 0.15) is 31.4 Å². The number of amides is 1. The second kappa shape index (κ2) is 7.78. The van der Waals surface area contributed by atoms with Crippen molar-refractivity contribution in [3.05, 3.63) is 29.3 Å². The zero-order valence-electron chi connectivity index (χ0n) is 13.1. The van der Waals surface area contributed by atoms with E-state index in [0.717, 1.165) is 16.8 Å². The van der Waals surface area contributed by atoms with Gasteiger partial charge in [-0.15, -0.1) is 0 Å². The highest BCUT2D eigenvalue weighted by Gasteiger charge is 2.18. The van der Waals surface area contributed by atoms with Gasteiger partial charge in [-0.3, -0.25) is 14.5 Å². The number of benzene rings is 1. The Balaban J connectivity index is 2.69. The van der Waals surface area contributed by atoms with Gasteiger partial charge in [0.1, 0.15) is 0 Å². The first-order valence-electron chi connectivity index (χ1n) is 7.17. The van der Waals surface area contributed by atoms with Crippen LogP contribution in [0, 0.1) is 13.8 Å². The molecule has 0 spiro atoms. The molecule has 5 heteroatoms. The van der Waals surface area contributed by atoms with Gasteiger partial charge < -0.3 is 10.4 Å². The molecule has 116 valence electrons. The lowest BCUT2D eigenvalue weighted by molar-refractivity contribution is -0.138. The van der Waals surface area contributed by atoms with Crippen molar-refractivity contribution in [1.82, 2.24) is 4.90 Å². The molecule has 21 heavy (non-hydrogen) atoms. The third kappa shape index (κ3) is 5.19. The molecule has 1 rings (SSSR count). The number of nitrogens with zero attached hydrogens (tertiary/aromatic N) is 1. The highest BCUT2D eigenvalue weighted by molar-refractivity contribution is 5.93. The monoisotopic (exact) mass is 292 g/mol. The number of carbonyl (C=O) groups is 2. The fourth-order valence-corrected chi connectivity index (χ4v) is 2.34. The molecule has 5 nitrogen and oxygen atoms in total. The zero-order valence-corrected chi connectivity index (χ0v) is 13.1. The van der Waals surface area contributed by atoms with Gasteiger partial charge in [0.05, 0.1) is 13.0 Å². The fourth-order valence-electron chi connectivity index (χ4n) is 2.34. The van der Waals surface area contributed by atoms with Gasteiger partial charge in [-0.25, -0.2) is 0 Å². The topological polar surface area (TPSA) is 69.6 Å². The molecule has 0 radical (unpaired) electrons. The standard InChI is InChI=1S/C16H24N2O3/c1-5-18(13(4)9-15(20)21)10-14(19)17-16-11(2)7-6-8-12(16)3/h6-8,13H,5,9-10H2,1-4H3,(H,17,19)(H,20,21). The summed E-state index contributed by atoms with van der Waals surface area (Å²) in [6, 6.07) is 5.69. The fraction of sp³-hybridized carbons (Fsp3) is 0.500. The first kappa shape index (κ1) is 17.2. The quantitative estimate of drug-likeness (QED) is 0.810. The molecule has 0 fully saturated rings. The molecule has 0 aliphatic rings. The van der Waals surface area contributed by atoms with Gasteiger partial charge in [-0.1, -0.05) is 25.1 Å². The minimum atomic E-state index is -0.851. The summed E-state index contributed by atoms with van der Waals surface area (Å²) in [4.78, 5) is 24.8. The molecule has 0 aromatic heterocycles. The number of anilines is 1. The van der Waals surface area contributed by atoms with Crippen molar-refractivity contribution >= 4 is 17.6 Å². The highest BCUT2D eigenvalue weighted by atomic mass is 16.4. The predicted octanol–water partition coefficient (Wildman–Crippen LogP) is 2.43. The number of aliphatic carboxylic acids is 1. The Bertz CT molecular complexity index is 494. The Hall–Kier alpha value is -1.88. The molecule has 0 aliphatic heterocycles. The average molecular weight is 292 g/mol. The third-order valence-electron chi connectivity index (χ3n) is 3.59. The molecule has 0 bridgehead atoms. The van der Waals surface area contributed by atoms with Crippen LogP contribution in [-0.4, -0.2) is 41.0 Å². The minimum Gasteiger partial charge on any atom is -0.481 e. The van der Waals surface area contributed by atoms with E-state index in [4.69, 9.17) is 5.11 Å². The van der Waals surface area contributed by atoms with Crippen LogP contribution in [0.2, 0.25) is 0 Å². The Morgan fingerprint density at radius 2 is 1.86 bits per heavy atom. The number of carboxylic acids is 1. The maximum Gasteiger partial charge on any atom is 0.304 e. The van der Waals surface area contributed by atoms with Crippen molar-refractivity contribution in [2.45, 2.75) is 40.2 Å². The van der Waals surface area contributed by atoms with E-state index in [1.807, 2.05) is 50.8 Å². The lowest BCUT2D eigenvalue weighted by atomic mass is 10.1. The smallest absolute Gasteiger partial charge is 0.304 e. The van der Waals surface area contributed by atoms with Gasteiger partial charge in [0.2, 0.25) is 5.91 Å². The number of likely N-dealkylation sites (N-methyl/N-ethyl adjacent to an activating group) is 1. The van der Waals surface area contributed by atoms with Crippen LogP contribution in [0.5, 0.6) is 0 Å². The largest absolute Gasteiger partial charge is 0.481 e. The van der Waals surface area contributed by atoms with Crippen molar-refractivity contribution in [3.63, 3.8) is 0 Å². The van der Waals surface area contributed by atoms with Crippen LogP contribution in [0.15, 0.2) is 18.2 Å². The van der Waals surface area contributed by atoms with Gasteiger partial charge in [-0.2, -0.15) is 0 Å². The van der Waals surface area contributed by atoms with E-state index in [1.165, 1.54) is 0 Å². The van der Waals surface area contributed by atoms with Gasteiger partial charge in [-0.05, 0) is 38.4 Å². The van der Waals surface area contributed by atoms with Gasteiger partial charge in [0.25, 0.3) is 0 Å². The zero-order chi connectivity index (χ0) is 16.0. The second-order valence-electron chi connectivity index (χ2n) is 5.32. The molecule has 0 saturated heterocycles. The Kier molecular flexibility index (Phi) is 6.37. The Morgan fingerprint density at radius 1 is 1.29 bits per heavy atom. The summed E-state index contributed by atoms with van der Waals surface area (Å²) in [7, 11) is 0. The van der Waals surface area contributed by atoms with E-state index >= 15 is 0 Å². The SMILES string of the molecule is CCN(CC(=O)Nc1c(C)cccc1C)C(C)CC(=O)O. The highest BCUT2D eigenvalue weighted by Crippen LogP contribution is 2.19. The summed E-state index contributed by atoms with van der Waals surface area (Å²) in [6.07, 6.45) is 0.0323. The van der Waals surface area contributed by atoms with Crippen LogP contribution >= 0.6 is 0 Å². The molecule has 0 saturated carbocycles. The maximum absolute atomic E-state index is 12.2. The number of hydrogen-bond donors (Lipinski definition) is 2. The van der Waals surface area contributed by atoms with Crippen LogP contribution in [0.25, 0.3) is 0 Å². The normalized spacial score (nSPS) is 12.2. The van der Waals surface area contributed by atoms with Crippen molar-refractivity contribution in [2.75, 3.05) is 18.4 Å². The molecular formula is C16H24N2O3. The lowest BCUT2D eigenvalue weighted by Gasteiger charge is -2.26. The second-order valence-corrected chi connectivity index (χ2v) is 5.32. The molecule has 0 aliphatic carbocycles. The molecule has 2 N–H and O–H groups in total. The third-order valence-corrected chi connectivity index (χ3v) is 3.59. The molecule has 1 amide bonds. The summed E-state index contributed by atoms with van der Waals surface area (Å²) >= 11 is 0. The van der Waals surface area contributed by atoms with E-state index in [1.54, 1.807) is 0 Å². The summed E-state index contributed by atoms with van der Waals surface area (Å²) in [6.45, 7) is 8.47. The number of carbonyl (C=O) groups excluding carboxylic acids is 1. The first-order chi connectivity index (χ1) is 9.85. The van der Waals surface area contributed by atoms with E-state index in [9.17, 15) is 9.59 Å². The Labute approximate surface area is 126 Å². The van der Waals surface area contributed by atoms with Crippen LogP contribution < -0.4 is 5.32 Å². The summed E-state index contributed by atoms with van der Waals surface area (Å²) in [5.41, 5.74) is 2.87. The van der Waals surface area contributed by atoms with Gasteiger partial charge >= 0.3 is 5.97 Å². The van der Waals surface area contributed by atoms with Crippen LogP contribution in [0.3, 0.4) is 0 Å². The summed E-state index contributed by atoms with van der Waals surface area (Å²) in [5.74, 6) is -0.970. The molecule has 1 atom stereocenters. The van der Waals surface area contributed by atoms with E-state index < -0.39 is 5.97 Å². The van der Waals surface area contributed by atoms with Crippen molar-refractivity contribution < 1.29 is 14.7 Å². The number of para-hydroxylation sites is 1. The lowest BCUT2D eigenvalue weighted by Crippen LogP contribution is -2.40. The average Bonchev–Trinajstić information content (AvgIpc) is 2.39. The minimum absolute atomic E-state index is 0.0323. The van der Waals surface area contributed by atoms with Crippen molar-refractivity contribution in [3.8, 4) is 0 Å². The van der Waals surface area contributed by atoms with E-state index in [-0.39, 0.29) is 24.9 Å². The van der Waals surface area contributed by atoms with Crippen LogP contribution in [-0.2, 0) is 9.59 Å². The van der Waals surface area contributed by atoms with Crippen molar-refractivity contribution in [1.29, 1.82) is 0 Å². The number of aryl methyl sites for hydroxylation is 2. The molecule has 1 unspecified atom stereocenters. The summed E-state index contributed by atoms with van der Waals surface area (Å²) < 4.78 is 0. The Morgan fingerprint density at radius 3 is 2.33 bits per heavy atom. The number of carboxylic acid groups (broad SMARTS) is 1. The number of hydrogen-bond acceptors (Lipinski definition) is 3. The first-order valence-corrected chi connectivity index (χ1v) is 7.17. The predicted molar refractivity (Wildman–Crippen MR) is 83.5 cm³/mol. The van der Waals surface area contributed by atoms with Gasteiger partial charge in [0, 0.05) is 11.7 Å². The molecule has 1 aromatic rings. The molecule has 0 heterocycles. The number of rotatable bonds is 7. The van der Waals surface area contributed by atoms with Gasteiger partial charge in [0.15, 0.2) is 0 Å². The molecule has 1 aromatic carbocycles. The van der Waals surface area contributed by atoms with Crippen LogP contribution in [0.4, 0.5) is 5.69 Å². The maximum atomic E-state index is 12.2. The summed E-state index contributed by atoms with van der Waals surface area (Å²) in [5, 5.41) is 11.8. The van der Waals surface area contributed by atoms with E-state index in [0.29, 0.717) is 6.54 Å². The van der Waals surface area contributed by atoms with Crippen molar-refractivity contribution in [2.24, 2.45) is 0 Å².